The average Bonchev–Trinajstić information content (AvgIpc) is 2.84. The summed E-state index contributed by atoms with van der Waals surface area (Å²) in [4.78, 5) is 26.3. The number of urea groups is 1. The highest BCUT2D eigenvalue weighted by atomic mass is 19.1. The van der Waals surface area contributed by atoms with Crippen LogP contribution in [-0.2, 0) is 11.8 Å². The molecule has 0 saturated carbocycles. The summed E-state index contributed by atoms with van der Waals surface area (Å²) >= 11 is 0. The van der Waals surface area contributed by atoms with E-state index in [1.165, 1.54) is 23.1 Å². The number of halogens is 1. The Morgan fingerprint density at radius 2 is 2.25 bits per heavy atom. The van der Waals surface area contributed by atoms with Crippen molar-refractivity contribution >= 4 is 17.6 Å². The number of carbonyl (C=O) groups is 2. The minimum Gasteiger partial charge on any atom is -0.352 e. The Balaban J connectivity index is 1.87. The molecule has 1 fully saturated rings. The van der Waals surface area contributed by atoms with Crippen LogP contribution in [0.4, 0.5) is 14.9 Å². The van der Waals surface area contributed by atoms with Crippen molar-refractivity contribution in [2.45, 2.75) is 13.0 Å². The normalized spacial score (nSPS) is 17.5. The molecule has 3 rings (SSSR count). The van der Waals surface area contributed by atoms with Gasteiger partial charge in [-0.05, 0) is 24.6 Å². The highest BCUT2D eigenvalue weighted by molar-refractivity contribution is 5.95. The molecule has 0 radical (unpaired) electrons. The number of nitrogens with one attached hydrogen (secondary N) is 2. The summed E-state index contributed by atoms with van der Waals surface area (Å²) in [7, 11) is 1.76. The fraction of sp³-hybridized carbons (Fsp3) is 0.312. The Morgan fingerprint density at radius 3 is 2.92 bits per heavy atom. The standard InChI is InChI=1S/C16H18FN5O2/c1-10-13(9-21(2)20-10)19-16(24)22-7-6-18-15(23)14(22)11-4-3-5-12(17)8-11/h3-5,8-9,14H,6-7H2,1-2H3,(H,18,23)(H,19,24)/t14-/m1/s1. The molecule has 0 aliphatic carbocycles. The summed E-state index contributed by atoms with van der Waals surface area (Å²) < 4.78 is 15.1. The van der Waals surface area contributed by atoms with Gasteiger partial charge in [0.2, 0.25) is 5.91 Å². The van der Waals surface area contributed by atoms with E-state index in [0.29, 0.717) is 30.0 Å². The zero-order valence-electron chi connectivity index (χ0n) is 13.4. The van der Waals surface area contributed by atoms with Gasteiger partial charge in [-0.1, -0.05) is 12.1 Å². The zero-order chi connectivity index (χ0) is 17.3. The van der Waals surface area contributed by atoms with Crippen molar-refractivity contribution in [1.82, 2.24) is 20.0 Å². The van der Waals surface area contributed by atoms with E-state index in [0.717, 1.165) is 0 Å². The lowest BCUT2D eigenvalue weighted by Crippen LogP contribution is -2.53. The summed E-state index contributed by atoms with van der Waals surface area (Å²) in [6.45, 7) is 2.46. The average molecular weight is 331 g/mol. The maximum atomic E-state index is 13.5. The SMILES string of the molecule is Cc1nn(C)cc1NC(=O)N1CCNC(=O)[C@H]1c1cccc(F)c1. The molecular formula is C16H18FN5O2. The van der Waals surface area contributed by atoms with Crippen molar-refractivity contribution in [3.63, 3.8) is 0 Å². The summed E-state index contributed by atoms with van der Waals surface area (Å²) in [5.41, 5.74) is 1.69. The van der Waals surface area contributed by atoms with Crippen molar-refractivity contribution in [3.8, 4) is 0 Å². The van der Waals surface area contributed by atoms with Gasteiger partial charge in [0.05, 0.1) is 11.4 Å². The van der Waals surface area contributed by atoms with Gasteiger partial charge in [0.25, 0.3) is 0 Å². The first-order chi connectivity index (χ1) is 11.5. The second kappa shape index (κ2) is 6.31. The Morgan fingerprint density at radius 1 is 1.46 bits per heavy atom. The molecule has 1 aromatic heterocycles. The van der Waals surface area contributed by atoms with Gasteiger partial charge >= 0.3 is 6.03 Å². The second-order valence-corrected chi connectivity index (χ2v) is 5.67. The zero-order valence-corrected chi connectivity index (χ0v) is 13.4. The molecule has 1 atom stereocenters. The van der Waals surface area contributed by atoms with Crippen LogP contribution in [0, 0.1) is 12.7 Å². The van der Waals surface area contributed by atoms with Crippen LogP contribution < -0.4 is 10.6 Å². The Bertz CT molecular complexity index is 789. The third-order valence-electron chi connectivity index (χ3n) is 3.89. The van der Waals surface area contributed by atoms with E-state index < -0.39 is 17.9 Å². The van der Waals surface area contributed by atoms with E-state index in [-0.39, 0.29) is 5.91 Å². The highest BCUT2D eigenvalue weighted by Gasteiger charge is 2.34. The van der Waals surface area contributed by atoms with Gasteiger partial charge in [0, 0.05) is 26.3 Å². The topological polar surface area (TPSA) is 79.3 Å². The largest absolute Gasteiger partial charge is 0.352 e. The monoisotopic (exact) mass is 331 g/mol. The molecule has 1 aliphatic heterocycles. The third-order valence-corrected chi connectivity index (χ3v) is 3.89. The minimum absolute atomic E-state index is 0.329. The van der Waals surface area contributed by atoms with Gasteiger partial charge in [-0.2, -0.15) is 5.10 Å². The first-order valence-electron chi connectivity index (χ1n) is 7.57. The Kier molecular flexibility index (Phi) is 4.20. The van der Waals surface area contributed by atoms with Gasteiger partial charge in [-0.25, -0.2) is 9.18 Å². The van der Waals surface area contributed by atoms with Gasteiger partial charge in [-0.15, -0.1) is 0 Å². The number of benzene rings is 1. The fourth-order valence-corrected chi connectivity index (χ4v) is 2.80. The number of piperazine rings is 1. The van der Waals surface area contributed by atoms with Gasteiger partial charge in [0.1, 0.15) is 11.9 Å². The van der Waals surface area contributed by atoms with Crippen LogP contribution >= 0.6 is 0 Å². The molecule has 0 unspecified atom stereocenters. The van der Waals surface area contributed by atoms with Crippen LogP contribution in [0.25, 0.3) is 0 Å². The number of anilines is 1. The number of carbonyl (C=O) groups excluding carboxylic acids is 2. The van der Waals surface area contributed by atoms with Crippen LogP contribution in [0.2, 0.25) is 0 Å². The Hall–Kier alpha value is -2.90. The third kappa shape index (κ3) is 3.08. The molecule has 1 aromatic carbocycles. The molecule has 2 N–H and O–H groups in total. The maximum absolute atomic E-state index is 13.5. The van der Waals surface area contributed by atoms with Crippen molar-refractivity contribution in [3.05, 3.63) is 47.5 Å². The minimum atomic E-state index is -0.869. The van der Waals surface area contributed by atoms with E-state index in [4.69, 9.17) is 0 Å². The first-order valence-corrected chi connectivity index (χ1v) is 7.57. The lowest BCUT2D eigenvalue weighted by atomic mass is 10.0. The van der Waals surface area contributed by atoms with Crippen LogP contribution in [0.5, 0.6) is 0 Å². The van der Waals surface area contributed by atoms with E-state index in [1.807, 2.05) is 0 Å². The summed E-state index contributed by atoms with van der Waals surface area (Å²) in [6.07, 6.45) is 1.69. The Labute approximate surface area is 138 Å². The molecule has 0 bridgehead atoms. The van der Waals surface area contributed by atoms with Crippen molar-refractivity contribution in [1.29, 1.82) is 0 Å². The van der Waals surface area contributed by atoms with E-state index in [1.54, 1.807) is 30.9 Å². The smallest absolute Gasteiger partial charge is 0.322 e. The summed E-state index contributed by atoms with van der Waals surface area (Å²) in [5.74, 6) is -0.778. The lowest BCUT2D eigenvalue weighted by Gasteiger charge is -2.35. The molecule has 2 heterocycles. The fourth-order valence-electron chi connectivity index (χ4n) is 2.80. The van der Waals surface area contributed by atoms with E-state index in [2.05, 4.69) is 15.7 Å². The van der Waals surface area contributed by atoms with Gasteiger partial charge in [0.15, 0.2) is 0 Å². The second-order valence-electron chi connectivity index (χ2n) is 5.67. The molecule has 0 spiro atoms. The van der Waals surface area contributed by atoms with Crippen LogP contribution in [0.3, 0.4) is 0 Å². The van der Waals surface area contributed by atoms with Crippen LogP contribution in [0.1, 0.15) is 17.3 Å². The van der Waals surface area contributed by atoms with Crippen molar-refractivity contribution in [2.75, 3.05) is 18.4 Å². The summed E-state index contributed by atoms with van der Waals surface area (Å²) in [5, 5.41) is 9.65. The molecule has 8 heteroatoms. The predicted octanol–water partition coefficient (Wildman–Crippen LogP) is 1.57. The molecule has 3 amide bonds. The van der Waals surface area contributed by atoms with Crippen LogP contribution in [-0.4, -0.2) is 39.7 Å². The van der Waals surface area contributed by atoms with Crippen molar-refractivity contribution < 1.29 is 14.0 Å². The molecule has 2 aromatic rings. The number of hydrogen-bond donors (Lipinski definition) is 2. The molecular weight excluding hydrogens is 313 g/mol. The first kappa shape index (κ1) is 16.0. The number of aryl methyl sites for hydroxylation is 2. The number of amides is 3. The quantitative estimate of drug-likeness (QED) is 0.877. The van der Waals surface area contributed by atoms with E-state index >= 15 is 0 Å². The molecule has 126 valence electrons. The molecule has 7 nitrogen and oxygen atoms in total. The molecule has 1 saturated heterocycles. The van der Waals surface area contributed by atoms with Crippen molar-refractivity contribution in [2.24, 2.45) is 7.05 Å². The van der Waals surface area contributed by atoms with Gasteiger partial charge < -0.3 is 15.5 Å². The number of rotatable bonds is 2. The maximum Gasteiger partial charge on any atom is 0.322 e. The molecule has 1 aliphatic rings. The highest BCUT2D eigenvalue weighted by Crippen LogP contribution is 2.25. The van der Waals surface area contributed by atoms with Gasteiger partial charge in [-0.3, -0.25) is 9.48 Å². The van der Waals surface area contributed by atoms with Crippen LogP contribution in [0.15, 0.2) is 30.5 Å². The summed E-state index contributed by atoms with van der Waals surface area (Å²) in [6, 6.07) is 4.43. The number of aromatic nitrogens is 2. The molecule has 24 heavy (non-hydrogen) atoms. The predicted molar refractivity (Wildman–Crippen MR) is 85.8 cm³/mol. The van der Waals surface area contributed by atoms with E-state index in [9.17, 15) is 14.0 Å². The number of hydrogen-bond acceptors (Lipinski definition) is 3. The lowest BCUT2D eigenvalue weighted by molar-refractivity contribution is -0.127. The number of nitrogens with zero attached hydrogens (tertiary/aromatic N) is 3.